The lowest BCUT2D eigenvalue weighted by atomic mass is 10.1. The van der Waals surface area contributed by atoms with E-state index in [2.05, 4.69) is 25.7 Å². The fourth-order valence-corrected chi connectivity index (χ4v) is 3.50. The van der Waals surface area contributed by atoms with Crippen LogP contribution in [0, 0.1) is 5.53 Å². The molecular formula is C25H19N7O8. The van der Waals surface area contributed by atoms with E-state index in [0.29, 0.717) is 5.69 Å². The van der Waals surface area contributed by atoms with E-state index in [9.17, 15) is 24.6 Å². The van der Waals surface area contributed by atoms with E-state index in [4.69, 9.17) is 20.5 Å². The third kappa shape index (κ3) is 5.57. The summed E-state index contributed by atoms with van der Waals surface area (Å²) < 4.78 is 6.07. The number of ether oxygens (including phenoxy) is 1. The Balaban J connectivity index is 1.71. The number of benzene rings is 2. The molecule has 0 spiro atoms. The lowest BCUT2D eigenvalue weighted by Crippen LogP contribution is -2.05. The Morgan fingerprint density at radius 2 is 1.65 bits per heavy atom. The molecule has 40 heavy (non-hydrogen) atoms. The van der Waals surface area contributed by atoms with Gasteiger partial charge in [0.2, 0.25) is 0 Å². The minimum Gasteiger partial charge on any atom is -0.507 e. The number of nitrogens with one attached hydrogen (secondary N) is 2. The number of aromatic nitrogens is 4. The number of carbonyl (C=O) groups excluding carboxylic acids is 1. The molecule has 4 rings (SSSR count). The average molecular weight is 545 g/mol. The van der Waals surface area contributed by atoms with Crippen molar-refractivity contribution in [3.8, 4) is 28.6 Å². The molecule has 15 nitrogen and oxygen atoms in total. The number of hydrogen-bond donors (Lipinski definition) is 6. The standard InChI is InChI=1S/C25H19N7O8/c1-40-25(39)12-6-17(19(29-26)10-27-13-2-4-15(23(35)36)21(33)8-13)28-18(7-12)20-11-32(31-30-20)14-3-5-16(24(37)38)22(34)9-14/h2-11,26-27,33-34H,1H3,(H,35,36)(H,37,38)/b19-10-,29-26?. The largest absolute Gasteiger partial charge is 0.507 e. The number of methoxy groups -OCH3 is 1. The van der Waals surface area contributed by atoms with Crippen molar-refractivity contribution in [2.75, 3.05) is 12.4 Å². The number of nitrogens with zero attached hydrogens (tertiary/aromatic N) is 5. The molecule has 4 aromatic rings. The Kier molecular flexibility index (Phi) is 7.47. The van der Waals surface area contributed by atoms with Crippen LogP contribution < -0.4 is 5.32 Å². The molecule has 2 aromatic heterocycles. The number of esters is 1. The predicted octanol–water partition coefficient (Wildman–Crippen LogP) is 3.36. The Morgan fingerprint density at radius 3 is 2.25 bits per heavy atom. The van der Waals surface area contributed by atoms with Crippen LogP contribution in [0.3, 0.4) is 0 Å². The molecule has 0 atom stereocenters. The highest BCUT2D eigenvalue weighted by atomic mass is 16.5. The van der Waals surface area contributed by atoms with E-state index in [1.807, 2.05) is 0 Å². The van der Waals surface area contributed by atoms with Crippen LogP contribution in [0.5, 0.6) is 11.5 Å². The van der Waals surface area contributed by atoms with Gasteiger partial charge in [-0.2, -0.15) is 5.11 Å². The number of aromatic carboxylic acids is 2. The molecule has 0 saturated carbocycles. The number of hydrogen-bond acceptors (Lipinski definition) is 12. The van der Waals surface area contributed by atoms with Crippen LogP contribution in [0.25, 0.3) is 22.8 Å². The zero-order valence-electron chi connectivity index (χ0n) is 20.4. The maximum absolute atomic E-state index is 12.4. The van der Waals surface area contributed by atoms with Gasteiger partial charge >= 0.3 is 17.9 Å². The molecule has 0 bridgehead atoms. The van der Waals surface area contributed by atoms with Gasteiger partial charge in [-0.3, -0.25) is 0 Å². The van der Waals surface area contributed by atoms with Gasteiger partial charge in [-0.1, -0.05) is 5.21 Å². The van der Waals surface area contributed by atoms with E-state index in [1.54, 1.807) is 0 Å². The Hall–Kier alpha value is -6.12. The summed E-state index contributed by atoms with van der Waals surface area (Å²) in [7, 11) is 1.19. The van der Waals surface area contributed by atoms with Gasteiger partial charge in [-0.15, -0.1) is 5.10 Å². The molecule has 202 valence electrons. The van der Waals surface area contributed by atoms with E-state index >= 15 is 0 Å². The molecule has 0 aliphatic carbocycles. The lowest BCUT2D eigenvalue weighted by Gasteiger charge is -2.08. The number of carboxylic acid groups (broad SMARTS) is 2. The van der Waals surface area contributed by atoms with Crippen molar-refractivity contribution < 1.29 is 39.5 Å². The second kappa shape index (κ2) is 11.1. The van der Waals surface area contributed by atoms with Crippen molar-refractivity contribution in [3.05, 3.63) is 83.3 Å². The first-order valence-corrected chi connectivity index (χ1v) is 11.1. The number of pyridine rings is 1. The van der Waals surface area contributed by atoms with Crippen LogP contribution in [0.4, 0.5) is 5.69 Å². The van der Waals surface area contributed by atoms with E-state index in [-0.39, 0.29) is 45.2 Å². The summed E-state index contributed by atoms with van der Waals surface area (Å²) in [6.07, 6.45) is 2.69. The number of aromatic hydroxyl groups is 2. The van der Waals surface area contributed by atoms with Crippen LogP contribution in [0.15, 0.2) is 66.0 Å². The van der Waals surface area contributed by atoms with Gasteiger partial charge < -0.3 is 30.5 Å². The van der Waals surface area contributed by atoms with Crippen molar-refractivity contribution in [3.63, 3.8) is 0 Å². The van der Waals surface area contributed by atoms with Crippen LogP contribution >= 0.6 is 0 Å². The third-order valence-corrected chi connectivity index (χ3v) is 5.47. The van der Waals surface area contributed by atoms with Gasteiger partial charge in [-0.25, -0.2) is 29.6 Å². The number of carbonyl (C=O) groups is 3. The topological polar surface area (TPSA) is 233 Å². The van der Waals surface area contributed by atoms with Crippen molar-refractivity contribution in [1.82, 2.24) is 20.0 Å². The molecule has 0 amide bonds. The van der Waals surface area contributed by atoms with Gasteiger partial charge in [0.15, 0.2) is 0 Å². The highest BCUT2D eigenvalue weighted by molar-refractivity contribution is 5.92. The fourth-order valence-electron chi connectivity index (χ4n) is 3.50. The number of phenols is 2. The van der Waals surface area contributed by atoms with E-state index in [1.165, 1.54) is 72.7 Å². The fraction of sp³-hybridized carbons (Fsp3) is 0.0400. The number of carboxylic acids is 2. The second-order valence-electron chi connectivity index (χ2n) is 8.00. The summed E-state index contributed by atoms with van der Waals surface area (Å²) in [5.41, 5.74) is 8.01. The predicted molar refractivity (Wildman–Crippen MR) is 136 cm³/mol. The molecular weight excluding hydrogens is 526 g/mol. The normalized spacial score (nSPS) is 11.1. The summed E-state index contributed by atoms with van der Waals surface area (Å²) in [6.45, 7) is 0. The average Bonchev–Trinajstić information content (AvgIpc) is 3.43. The highest BCUT2D eigenvalue weighted by Crippen LogP contribution is 2.26. The third-order valence-electron chi connectivity index (χ3n) is 5.47. The van der Waals surface area contributed by atoms with E-state index < -0.39 is 29.4 Å². The van der Waals surface area contributed by atoms with Gasteiger partial charge in [0, 0.05) is 24.0 Å². The van der Waals surface area contributed by atoms with Gasteiger partial charge in [-0.05, 0) is 36.4 Å². The van der Waals surface area contributed by atoms with Crippen LogP contribution in [-0.4, -0.2) is 65.4 Å². The first-order valence-electron chi connectivity index (χ1n) is 11.1. The smallest absolute Gasteiger partial charge is 0.339 e. The van der Waals surface area contributed by atoms with Crippen LogP contribution in [0.1, 0.15) is 36.8 Å². The second-order valence-corrected chi connectivity index (χ2v) is 8.00. The lowest BCUT2D eigenvalue weighted by molar-refractivity contribution is 0.0598. The van der Waals surface area contributed by atoms with Crippen LogP contribution in [0.2, 0.25) is 0 Å². The minimum atomic E-state index is -1.30. The molecule has 6 N–H and O–H groups in total. The molecule has 0 fully saturated rings. The molecule has 0 unspecified atom stereocenters. The molecule has 0 saturated heterocycles. The maximum Gasteiger partial charge on any atom is 0.339 e. The quantitative estimate of drug-likeness (QED) is 0.131. The number of rotatable bonds is 9. The zero-order valence-corrected chi connectivity index (χ0v) is 20.4. The zero-order chi connectivity index (χ0) is 29.0. The van der Waals surface area contributed by atoms with Crippen molar-refractivity contribution >= 4 is 29.3 Å². The Morgan fingerprint density at radius 1 is 0.975 bits per heavy atom. The first kappa shape index (κ1) is 26.9. The SMILES string of the molecule is COC(=O)c1cc(/C(=C/Nc2ccc(C(=O)O)c(O)c2)N=N)nc(-c2cn(-c3ccc(C(=O)O)c(O)c3)nn2)c1. The Labute approximate surface area is 224 Å². The molecule has 2 heterocycles. The van der Waals surface area contributed by atoms with Gasteiger partial charge in [0.1, 0.15) is 34.0 Å². The molecule has 15 heteroatoms. The minimum absolute atomic E-state index is 0.0459. The Bertz CT molecular complexity index is 1700. The summed E-state index contributed by atoms with van der Waals surface area (Å²) in [5.74, 6) is -4.26. The molecule has 0 radical (unpaired) electrons. The van der Waals surface area contributed by atoms with Gasteiger partial charge in [0.25, 0.3) is 0 Å². The van der Waals surface area contributed by atoms with Gasteiger partial charge in [0.05, 0.1) is 35.9 Å². The summed E-state index contributed by atoms with van der Waals surface area (Å²) in [5, 5.41) is 52.3. The first-order chi connectivity index (χ1) is 19.1. The van der Waals surface area contributed by atoms with E-state index in [0.717, 1.165) is 0 Å². The summed E-state index contributed by atoms with van der Waals surface area (Å²) in [6, 6.07) is 10.3. The highest BCUT2D eigenvalue weighted by Gasteiger charge is 2.17. The van der Waals surface area contributed by atoms with Crippen LogP contribution in [-0.2, 0) is 4.74 Å². The number of anilines is 1. The van der Waals surface area contributed by atoms with Crippen molar-refractivity contribution in [2.24, 2.45) is 5.11 Å². The summed E-state index contributed by atoms with van der Waals surface area (Å²) >= 11 is 0. The summed E-state index contributed by atoms with van der Waals surface area (Å²) in [4.78, 5) is 39.0. The van der Waals surface area contributed by atoms with Crippen molar-refractivity contribution in [1.29, 1.82) is 5.53 Å². The monoisotopic (exact) mass is 545 g/mol. The molecule has 0 aliphatic rings. The molecule has 2 aromatic carbocycles. The van der Waals surface area contributed by atoms with Crippen molar-refractivity contribution in [2.45, 2.75) is 0 Å². The molecule has 0 aliphatic heterocycles. The maximum atomic E-state index is 12.4.